The fourth-order valence-corrected chi connectivity index (χ4v) is 0.515. The summed E-state index contributed by atoms with van der Waals surface area (Å²) in [5.41, 5.74) is 5.60. The van der Waals surface area contributed by atoms with Crippen LogP contribution in [0.2, 0.25) is 0 Å². The van der Waals surface area contributed by atoms with Crippen LogP contribution in [0.25, 0.3) is 0 Å². The van der Waals surface area contributed by atoms with Gasteiger partial charge in [0.25, 0.3) is 0 Å². The number of halogens is 1. The highest BCUT2D eigenvalue weighted by Crippen LogP contribution is 2.01. The summed E-state index contributed by atoms with van der Waals surface area (Å²) >= 11 is 0. The van der Waals surface area contributed by atoms with E-state index in [1.807, 2.05) is 20.8 Å². The Hall–Kier alpha value is -0.370. The van der Waals surface area contributed by atoms with Crippen LogP contribution in [0.5, 0.6) is 0 Å². The second kappa shape index (κ2) is 7.29. The molecule has 0 aliphatic heterocycles. The number of nitrogens with two attached hydrogens (primary N) is 1. The minimum absolute atomic E-state index is 0. The number of nitrogens with zero attached hydrogens (tertiary/aromatic N) is 2. The van der Waals surface area contributed by atoms with Gasteiger partial charge in [-0.25, -0.2) is 9.98 Å². The van der Waals surface area contributed by atoms with Crippen molar-refractivity contribution in [2.75, 3.05) is 13.1 Å². The summed E-state index contributed by atoms with van der Waals surface area (Å²) in [4.78, 5) is 7.78. The maximum atomic E-state index is 5.73. The maximum Gasteiger partial charge on any atom is 0.0892 e. The largest absolute Gasteiger partial charge is 0.325 e. The van der Waals surface area contributed by atoms with Crippen LogP contribution < -0.4 is 5.73 Å². The molecule has 0 fully saturated rings. The lowest BCUT2D eigenvalue weighted by Crippen LogP contribution is -2.32. The molecule has 0 aromatic carbocycles. The zero-order chi connectivity index (χ0) is 8.74. The van der Waals surface area contributed by atoms with E-state index < -0.39 is 0 Å². The molecule has 0 rings (SSSR count). The molecule has 0 spiro atoms. The number of aliphatic imine (C=N–C) groups is 2. The van der Waals surface area contributed by atoms with Crippen LogP contribution in [-0.2, 0) is 0 Å². The average Bonchev–Trinajstić information content (AvgIpc) is 1.85. The first-order chi connectivity index (χ1) is 5.06. The van der Waals surface area contributed by atoms with Gasteiger partial charge in [-0.1, -0.05) is 0 Å². The monoisotopic (exact) mass is 191 g/mol. The molecule has 0 unspecified atom stereocenters. The second-order valence-corrected chi connectivity index (χ2v) is 3.19. The van der Waals surface area contributed by atoms with Crippen molar-refractivity contribution in [1.82, 2.24) is 0 Å². The molecule has 0 saturated carbocycles. The second-order valence-electron chi connectivity index (χ2n) is 3.19. The van der Waals surface area contributed by atoms with Gasteiger partial charge in [0.05, 0.1) is 12.6 Å². The summed E-state index contributed by atoms with van der Waals surface area (Å²) in [5, 5.41) is 0. The highest BCUT2D eigenvalue weighted by Gasteiger charge is 2.08. The Morgan fingerprint density at radius 2 is 1.92 bits per heavy atom. The molecule has 0 heterocycles. The highest BCUT2D eigenvalue weighted by atomic mass is 35.5. The van der Waals surface area contributed by atoms with Gasteiger partial charge in [-0.3, -0.25) is 0 Å². The predicted octanol–water partition coefficient (Wildman–Crippen LogP) is 1.73. The number of hydrogen-bond acceptors (Lipinski definition) is 3. The molecule has 12 heavy (non-hydrogen) atoms. The van der Waals surface area contributed by atoms with Crippen LogP contribution in [0.3, 0.4) is 0 Å². The summed E-state index contributed by atoms with van der Waals surface area (Å²) in [7, 11) is 0. The Morgan fingerprint density at radius 1 is 1.33 bits per heavy atom. The maximum absolute atomic E-state index is 5.73. The van der Waals surface area contributed by atoms with E-state index in [-0.39, 0.29) is 17.9 Å². The van der Waals surface area contributed by atoms with Gasteiger partial charge in [0.1, 0.15) is 0 Å². The quantitative estimate of drug-likeness (QED) is 0.677. The van der Waals surface area contributed by atoms with E-state index in [1.165, 1.54) is 0 Å². The summed E-state index contributed by atoms with van der Waals surface area (Å²) < 4.78 is 0. The van der Waals surface area contributed by atoms with E-state index in [0.29, 0.717) is 6.54 Å². The minimum Gasteiger partial charge on any atom is -0.325 e. The fourth-order valence-electron chi connectivity index (χ4n) is 0.515. The van der Waals surface area contributed by atoms with Crippen molar-refractivity contribution in [3.05, 3.63) is 0 Å². The first kappa shape index (κ1) is 14.2. The van der Waals surface area contributed by atoms with Crippen LogP contribution in [-0.4, -0.2) is 24.6 Å². The van der Waals surface area contributed by atoms with Crippen LogP contribution >= 0.6 is 12.4 Å². The topological polar surface area (TPSA) is 50.7 Å². The molecule has 0 radical (unpaired) electrons. The molecule has 72 valence electrons. The predicted molar refractivity (Wildman–Crippen MR) is 55.4 cm³/mol. The third kappa shape index (κ3) is 12.3. The molecule has 0 amide bonds. The Balaban J connectivity index is 0. The van der Waals surface area contributed by atoms with Gasteiger partial charge in [0.2, 0.25) is 0 Å². The lowest BCUT2D eigenvalue weighted by Gasteiger charge is -2.15. The van der Waals surface area contributed by atoms with E-state index in [4.69, 9.17) is 5.73 Å². The first-order valence-corrected chi connectivity index (χ1v) is 3.93. The van der Waals surface area contributed by atoms with E-state index in [2.05, 4.69) is 16.0 Å². The van der Waals surface area contributed by atoms with Gasteiger partial charge in [0.15, 0.2) is 0 Å². The van der Waals surface area contributed by atoms with Crippen molar-refractivity contribution in [2.45, 2.75) is 32.7 Å². The van der Waals surface area contributed by atoms with Crippen LogP contribution in [0.15, 0.2) is 9.98 Å². The molecule has 0 atom stereocenters. The van der Waals surface area contributed by atoms with Crippen molar-refractivity contribution in [1.29, 1.82) is 0 Å². The van der Waals surface area contributed by atoms with Crippen molar-refractivity contribution in [2.24, 2.45) is 15.7 Å². The fraction of sp³-hybridized carbons (Fsp3) is 0.875. The Kier molecular flexibility index (Phi) is 8.61. The molecule has 0 bridgehead atoms. The summed E-state index contributed by atoms with van der Waals surface area (Å²) in [6, 6.07) is 2.60. The summed E-state index contributed by atoms with van der Waals surface area (Å²) in [6.07, 6.45) is 0.874. The lowest BCUT2D eigenvalue weighted by molar-refractivity contribution is 0.485. The normalized spacial score (nSPS) is 9.67. The van der Waals surface area contributed by atoms with Gasteiger partial charge in [-0.15, -0.1) is 12.4 Å². The van der Waals surface area contributed by atoms with E-state index in [0.717, 1.165) is 13.0 Å². The molecule has 0 aromatic heterocycles. The molecule has 4 heteroatoms. The zero-order valence-corrected chi connectivity index (χ0v) is 8.82. The van der Waals surface area contributed by atoms with Crippen LogP contribution in [0, 0.1) is 0 Å². The standard InChI is InChI=1S/C8H17N3.ClH/c1-4-10-7-11-6-5-8(2,3)9;/h4-6,9H2,1-3H3;1H. The lowest BCUT2D eigenvalue weighted by atomic mass is 10.0. The smallest absolute Gasteiger partial charge is 0.0892 e. The number of rotatable bonds is 4. The molecular formula is C8H18ClN3. The van der Waals surface area contributed by atoms with Gasteiger partial charge in [-0.05, 0) is 27.2 Å². The van der Waals surface area contributed by atoms with Gasteiger partial charge >= 0.3 is 0 Å². The molecule has 0 saturated heterocycles. The SMILES string of the molecule is CCN=C=NCCC(C)(C)N.Cl. The van der Waals surface area contributed by atoms with Crippen LogP contribution in [0.1, 0.15) is 27.2 Å². The average molecular weight is 192 g/mol. The third-order valence-corrected chi connectivity index (χ3v) is 1.17. The summed E-state index contributed by atoms with van der Waals surface area (Å²) in [6.45, 7) is 7.39. The van der Waals surface area contributed by atoms with E-state index in [1.54, 1.807) is 0 Å². The Bertz CT molecular complexity index is 154. The van der Waals surface area contributed by atoms with E-state index in [9.17, 15) is 0 Å². The van der Waals surface area contributed by atoms with Crippen molar-refractivity contribution in [3.63, 3.8) is 0 Å². The van der Waals surface area contributed by atoms with Crippen molar-refractivity contribution in [3.8, 4) is 0 Å². The van der Waals surface area contributed by atoms with Crippen molar-refractivity contribution < 1.29 is 0 Å². The van der Waals surface area contributed by atoms with Crippen LogP contribution in [0.4, 0.5) is 0 Å². The van der Waals surface area contributed by atoms with E-state index >= 15 is 0 Å². The zero-order valence-electron chi connectivity index (χ0n) is 8.00. The van der Waals surface area contributed by atoms with Gasteiger partial charge < -0.3 is 5.73 Å². The summed E-state index contributed by atoms with van der Waals surface area (Å²) in [5.74, 6) is 0. The van der Waals surface area contributed by atoms with Gasteiger partial charge in [-0.2, -0.15) is 0 Å². The third-order valence-electron chi connectivity index (χ3n) is 1.17. The first-order valence-electron chi connectivity index (χ1n) is 3.93. The molecule has 0 aliphatic carbocycles. The van der Waals surface area contributed by atoms with Gasteiger partial charge in [0, 0.05) is 12.1 Å². The molecule has 3 nitrogen and oxygen atoms in total. The Morgan fingerprint density at radius 3 is 2.33 bits per heavy atom. The molecular weight excluding hydrogens is 174 g/mol. The molecule has 0 aromatic rings. The number of hydrogen-bond donors (Lipinski definition) is 1. The molecule has 2 N–H and O–H groups in total. The minimum atomic E-state index is -0.128. The Labute approximate surface area is 80.6 Å². The van der Waals surface area contributed by atoms with Crippen molar-refractivity contribution >= 4 is 18.4 Å². The highest BCUT2D eigenvalue weighted by molar-refractivity contribution is 5.85. The molecule has 0 aliphatic rings.